The summed E-state index contributed by atoms with van der Waals surface area (Å²) in [7, 11) is 0. The Morgan fingerprint density at radius 2 is 1.59 bits per heavy atom. The molecule has 0 bridgehead atoms. The monoisotopic (exact) mass is 380 g/mol. The van der Waals surface area contributed by atoms with Gasteiger partial charge in [-0.3, -0.25) is 0 Å². The van der Waals surface area contributed by atoms with Gasteiger partial charge in [-0.2, -0.15) is 15.5 Å². The second kappa shape index (κ2) is 7.29. The van der Waals surface area contributed by atoms with E-state index in [1.807, 2.05) is 36.7 Å². The zero-order valence-corrected chi connectivity index (χ0v) is 15.8. The minimum atomic E-state index is 0.387. The molecule has 0 fully saturated rings. The first-order valence-electron chi connectivity index (χ1n) is 8.82. The van der Waals surface area contributed by atoms with Crippen LogP contribution < -0.4 is 10.6 Å². The molecule has 8 nitrogen and oxygen atoms in total. The van der Waals surface area contributed by atoms with E-state index in [0.29, 0.717) is 23.0 Å². The number of benzene rings is 1. The van der Waals surface area contributed by atoms with Crippen molar-refractivity contribution in [2.45, 2.75) is 13.8 Å². The highest BCUT2D eigenvalue weighted by Gasteiger charge is 2.12. The van der Waals surface area contributed by atoms with Gasteiger partial charge in [-0.05, 0) is 55.3 Å². The maximum Gasteiger partial charge on any atom is 0.232 e. The van der Waals surface area contributed by atoms with Gasteiger partial charge in [0.2, 0.25) is 11.9 Å². The molecule has 0 spiro atoms. The van der Waals surface area contributed by atoms with Crippen LogP contribution in [0.5, 0.6) is 0 Å². The molecule has 3 aromatic heterocycles. The molecule has 0 saturated heterocycles. The minimum absolute atomic E-state index is 0.387. The van der Waals surface area contributed by atoms with Crippen molar-refractivity contribution in [1.82, 2.24) is 19.4 Å². The first kappa shape index (κ1) is 18.0. The Hall–Kier alpha value is -4.43. The fourth-order valence-corrected chi connectivity index (χ4v) is 3.12. The first-order chi connectivity index (χ1) is 14.1. The standard InChI is InChI=1S/C21H16N8/c1-13-10-29-11-16(9-23)7-18(29)14(2)19(13)27-21-25-12-24-20(28-21)26-17-5-3-15(8-22)4-6-17/h3-7,10-12H,1-2H3,(H2,24,25,26,27,28). The molecule has 0 radical (unpaired) electrons. The molecule has 0 amide bonds. The van der Waals surface area contributed by atoms with Gasteiger partial charge in [-0.15, -0.1) is 0 Å². The van der Waals surface area contributed by atoms with Gasteiger partial charge in [0.15, 0.2) is 0 Å². The van der Waals surface area contributed by atoms with Crippen LogP contribution in [0.4, 0.5) is 23.3 Å². The molecule has 8 heteroatoms. The molecule has 0 unspecified atom stereocenters. The van der Waals surface area contributed by atoms with Crippen molar-refractivity contribution in [2.24, 2.45) is 0 Å². The number of aromatic nitrogens is 4. The summed E-state index contributed by atoms with van der Waals surface area (Å²) in [6.45, 7) is 3.97. The smallest absolute Gasteiger partial charge is 0.232 e. The molecule has 0 aliphatic heterocycles. The number of rotatable bonds is 4. The number of hydrogen-bond donors (Lipinski definition) is 2. The van der Waals surface area contributed by atoms with Gasteiger partial charge in [-0.25, -0.2) is 9.97 Å². The van der Waals surface area contributed by atoms with Crippen molar-refractivity contribution in [2.75, 3.05) is 10.6 Å². The lowest BCUT2D eigenvalue weighted by Gasteiger charge is -2.14. The summed E-state index contributed by atoms with van der Waals surface area (Å²) < 4.78 is 1.94. The minimum Gasteiger partial charge on any atom is -0.324 e. The van der Waals surface area contributed by atoms with Crippen molar-refractivity contribution in [3.05, 3.63) is 71.3 Å². The highest BCUT2D eigenvalue weighted by atomic mass is 15.2. The predicted octanol–water partition coefficient (Wildman–Crippen LogP) is 3.97. The van der Waals surface area contributed by atoms with Crippen molar-refractivity contribution < 1.29 is 0 Å². The van der Waals surface area contributed by atoms with Crippen LogP contribution in [0.1, 0.15) is 22.3 Å². The van der Waals surface area contributed by atoms with Gasteiger partial charge >= 0.3 is 0 Å². The van der Waals surface area contributed by atoms with E-state index < -0.39 is 0 Å². The summed E-state index contributed by atoms with van der Waals surface area (Å²) >= 11 is 0. The van der Waals surface area contributed by atoms with Gasteiger partial charge in [-0.1, -0.05) is 0 Å². The van der Waals surface area contributed by atoms with Crippen LogP contribution >= 0.6 is 0 Å². The van der Waals surface area contributed by atoms with Gasteiger partial charge in [0.25, 0.3) is 0 Å². The highest BCUT2D eigenvalue weighted by molar-refractivity contribution is 5.74. The van der Waals surface area contributed by atoms with E-state index in [-0.39, 0.29) is 0 Å². The molecule has 1 aromatic carbocycles. The molecule has 0 saturated carbocycles. The number of nitriles is 2. The van der Waals surface area contributed by atoms with E-state index in [4.69, 9.17) is 10.5 Å². The zero-order valence-electron chi connectivity index (χ0n) is 15.8. The molecule has 2 N–H and O–H groups in total. The average molecular weight is 380 g/mol. The molecule has 0 aliphatic rings. The topological polar surface area (TPSA) is 115 Å². The van der Waals surface area contributed by atoms with Crippen molar-refractivity contribution >= 4 is 28.8 Å². The maximum atomic E-state index is 9.16. The van der Waals surface area contributed by atoms with Crippen molar-refractivity contribution in [3.63, 3.8) is 0 Å². The molecule has 140 valence electrons. The molecular weight excluding hydrogens is 364 g/mol. The average Bonchev–Trinajstić information content (AvgIpc) is 3.15. The third-order valence-corrected chi connectivity index (χ3v) is 4.54. The van der Waals surface area contributed by atoms with Gasteiger partial charge < -0.3 is 15.0 Å². The molecular formula is C21H16N8. The van der Waals surface area contributed by atoms with E-state index in [1.54, 1.807) is 24.3 Å². The quantitative estimate of drug-likeness (QED) is 0.550. The summed E-state index contributed by atoms with van der Waals surface area (Å²) in [4.78, 5) is 12.8. The van der Waals surface area contributed by atoms with E-state index in [9.17, 15) is 0 Å². The second-order valence-corrected chi connectivity index (χ2v) is 6.52. The first-order valence-corrected chi connectivity index (χ1v) is 8.82. The van der Waals surface area contributed by atoms with E-state index in [0.717, 1.165) is 28.0 Å². The predicted molar refractivity (Wildman–Crippen MR) is 109 cm³/mol. The van der Waals surface area contributed by atoms with Crippen LogP contribution in [-0.4, -0.2) is 19.4 Å². The van der Waals surface area contributed by atoms with Crippen molar-refractivity contribution in [3.8, 4) is 12.1 Å². The number of hydrogen-bond acceptors (Lipinski definition) is 7. The van der Waals surface area contributed by atoms with Crippen LogP contribution in [0.15, 0.2) is 49.1 Å². The van der Waals surface area contributed by atoms with Crippen LogP contribution in [0, 0.1) is 36.5 Å². The summed E-state index contributed by atoms with van der Waals surface area (Å²) in [5.41, 5.74) is 5.78. The summed E-state index contributed by atoms with van der Waals surface area (Å²) in [5, 5.41) is 24.4. The van der Waals surface area contributed by atoms with Crippen LogP contribution in [0.25, 0.3) is 5.52 Å². The third-order valence-electron chi connectivity index (χ3n) is 4.54. The molecule has 0 atom stereocenters. The summed E-state index contributed by atoms with van der Waals surface area (Å²) in [6, 6.07) is 13.1. The Morgan fingerprint density at radius 1 is 0.897 bits per heavy atom. The fraction of sp³-hybridized carbons (Fsp3) is 0.0952. The Morgan fingerprint density at radius 3 is 2.28 bits per heavy atom. The van der Waals surface area contributed by atoms with Crippen molar-refractivity contribution in [1.29, 1.82) is 10.5 Å². The molecule has 3 heterocycles. The van der Waals surface area contributed by atoms with Crippen LogP contribution in [0.2, 0.25) is 0 Å². The normalized spacial score (nSPS) is 10.3. The number of nitrogens with one attached hydrogen (secondary N) is 2. The van der Waals surface area contributed by atoms with E-state index >= 15 is 0 Å². The third kappa shape index (κ3) is 3.55. The fourth-order valence-electron chi connectivity index (χ4n) is 3.12. The second-order valence-electron chi connectivity index (χ2n) is 6.52. The Bertz CT molecular complexity index is 1290. The summed E-state index contributed by atoms with van der Waals surface area (Å²) in [5.74, 6) is 0.789. The number of nitrogens with zero attached hydrogens (tertiary/aromatic N) is 6. The SMILES string of the molecule is Cc1cn2cc(C#N)cc2c(C)c1Nc1ncnc(Nc2ccc(C#N)cc2)n1. The van der Waals surface area contributed by atoms with E-state index in [1.165, 1.54) is 6.33 Å². The highest BCUT2D eigenvalue weighted by Crippen LogP contribution is 2.28. The lowest BCUT2D eigenvalue weighted by atomic mass is 10.1. The van der Waals surface area contributed by atoms with Gasteiger partial charge in [0.05, 0.1) is 28.4 Å². The Kier molecular flexibility index (Phi) is 4.52. The van der Waals surface area contributed by atoms with Crippen LogP contribution in [-0.2, 0) is 0 Å². The Balaban J connectivity index is 1.62. The van der Waals surface area contributed by atoms with Gasteiger partial charge in [0, 0.05) is 18.1 Å². The number of fused-ring (bicyclic) bond motifs is 1. The lowest BCUT2D eigenvalue weighted by molar-refractivity contribution is 1.05. The number of anilines is 4. The largest absolute Gasteiger partial charge is 0.324 e. The molecule has 4 rings (SSSR count). The zero-order chi connectivity index (χ0) is 20.4. The molecule has 29 heavy (non-hydrogen) atoms. The lowest BCUT2D eigenvalue weighted by Crippen LogP contribution is -2.05. The van der Waals surface area contributed by atoms with Crippen LogP contribution in [0.3, 0.4) is 0 Å². The van der Waals surface area contributed by atoms with Gasteiger partial charge in [0.1, 0.15) is 12.4 Å². The number of pyridine rings is 1. The maximum absolute atomic E-state index is 9.16. The van der Waals surface area contributed by atoms with E-state index in [2.05, 4.69) is 37.7 Å². The summed E-state index contributed by atoms with van der Waals surface area (Å²) in [6.07, 6.45) is 5.19. The molecule has 0 aliphatic carbocycles. The number of aryl methyl sites for hydroxylation is 2. The molecule has 4 aromatic rings. The Labute approximate surface area is 167 Å².